The van der Waals surface area contributed by atoms with Crippen LogP contribution >= 0.6 is 11.8 Å². The molecule has 1 aromatic rings. The summed E-state index contributed by atoms with van der Waals surface area (Å²) in [4.78, 5) is 27.4. The summed E-state index contributed by atoms with van der Waals surface area (Å²) in [5.41, 5.74) is 1.71. The number of allylic oxidation sites excluding steroid dienone is 6. The fraction of sp³-hybridized carbons (Fsp3) is 0.385. The third-order valence-electron chi connectivity index (χ3n) is 4.74. The van der Waals surface area contributed by atoms with Gasteiger partial charge in [0.05, 0.1) is 12.5 Å². The van der Waals surface area contributed by atoms with Crippen LogP contribution in [0.2, 0.25) is 0 Å². The Hall–Kier alpha value is -2.53. The molecule has 1 heterocycles. The van der Waals surface area contributed by atoms with E-state index >= 15 is 0 Å². The van der Waals surface area contributed by atoms with Gasteiger partial charge in [0, 0.05) is 23.6 Å². The van der Waals surface area contributed by atoms with Gasteiger partial charge in [-0.3, -0.25) is 9.59 Å². The van der Waals surface area contributed by atoms with E-state index in [1.54, 1.807) is 36.6 Å². The Balaban J connectivity index is 0.000000500. The van der Waals surface area contributed by atoms with E-state index in [0.717, 1.165) is 18.4 Å². The molecule has 5 heteroatoms. The molecule has 0 bridgehead atoms. The van der Waals surface area contributed by atoms with Crippen LogP contribution in [0.5, 0.6) is 0 Å². The molecule has 0 aromatic heterocycles. The monoisotopic (exact) mass is 441 g/mol. The molecule has 0 saturated carbocycles. The van der Waals surface area contributed by atoms with Crippen molar-refractivity contribution in [3.8, 4) is 0 Å². The number of carbonyl (C=O) groups is 2. The van der Waals surface area contributed by atoms with Gasteiger partial charge in [-0.2, -0.15) is 0 Å². The van der Waals surface area contributed by atoms with Gasteiger partial charge in [-0.05, 0) is 52.0 Å². The average molecular weight is 442 g/mol. The first-order valence-corrected chi connectivity index (χ1v) is 11.8. The fourth-order valence-electron chi connectivity index (χ4n) is 3.02. The first-order valence-electron chi connectivity index (χ1n) is 10.6. The number of hydrogen-bond acceptors (Lipinski definition) is 4. The molecule has 4 nitrogen and oxygen atoms in total. The lowest BCUT2D eigenvalue weighted by Gasteiger charge is -2.31. The van der Waals surface area contributed by atoms with E-state index in [1.165, 1.54) is 4.90 Å². The van der Waals surface area contributed by atoms with Gasteiger partial charge in [-0.15, -0.1) is 11.8 Å². The second kappa shape index (κ2) is 15.3. The van der Waals surface area contributed by atoms with E-state index in [9.17, 15) is 9.59 Å². The van der Waals surface area contributed by atoms with Crippen LogP contribution in [0.4, 0.5) is 0 Å². The molecule has 2 rings (SSSR count). The van der Waals surface area contributed by atoms with Crippen LogP contribution in [-0.2, 0) is 14.3 Å². The van der Waals surface area contributed by atoms with Crippen molar-refractivity contribution in [2.45, 2.75) is 38.5 Å². The standard InChI is InChI=1S/C19H27NO3.C7H8S/c1-5-7-9-15(3)11-12-16(4)18(21)20-13-8-10-17(14-20)19(22)23-6-2;1-8-7-5-3-2-4-6-7/h5,7,9,11-12,17H,1,6,8,10,13-14H2,2-4H3;2-6H,1H3/b9-7-,15-11+,16-12+;. The summed E-state index contributed by atoms with van der Waals surface area (Å²) in [5, 5.41) is 0. The molecule has 0 radical (unpaired) electrons. The minimum Gasteiger partial charge on any atom is -0.466 e. The molecule has 1 aromatic carbocycles. The SMILES string of the molecule is C=C\C=C/C(C)=C/C=C(\C)C(=O)N1CCCC(C(=O)OCC)C1.CSc1ccccc1. The number of hydrogen-bond donors (Lipinski definition) is 0. The maximum atomic E-state index is 12.5. The topological polar surface area (TPSA) is 46.6 Å². The smallest absolute Gasteiger partial charge is 0.310 e. The van der Waals surface area contributed by atoms with Crippen molar-refractivity contribution in [1.82, 2.24) is 4.90 Å². The molecule has 1 unspecified atom stereocenters. The van der Waals surface area contributed by atoms with Crippen LogP contribution in [0.1, 0.15) is 33.6 Å². The van der Waals surface area contributed by atoms with Crippen LogP contribution < -0.4 is 0 Å². The molecule has 1 saturated heterocycles. The number of benzene rings is 1. The zero-order chi connectivity index (χ0) is 23.1. The second-order valence-corrected chi connectivity index (χ2v) is 8.09. The highest BCUT2D eigenvalue weighted by molar-refractivity contribution is 7.98. The minimum atomic E-state index is -0.201. The lowest BCUT2D eigenvalue weighted by atomic mass is 9.97. The van der Waals surface area contributed by atoms with E-state index in [1.807, 2.05) is 49.4 Å². The summed E-state index contributed by atoms with van der Waals surface area (Å²) >= 11 is 1.77. The zero-order valence-electron chi connectivity index (χ0n) is 19.2. The molecule has 1 atom stereocenters. The summed E-state index contributed by atoms with van der Waals surface area (Å²) < 4.78 is 5.07. The van der Waals surface area contributed by atoms with Gasteiger partial charge < -0.3 is 9.64 Å². The van der Waals surface area contributed by atoms with Crippen molar-refractivity contribution in [3.63, 3.8) is 0 Å². The predicted octanol–water partition coefficient (Wildman–Crippen LogP) is 5.83. The number of amides is 1. The van der Waals surface area contributed by atoms with Gasteiger partial charge in [-0.1, -0.05) is 60.7 Å². The Labute approximate surface area is 191 Å². The van der Waals surface area contributed by atoms with Gasteiger partial charge in [0.1, 0.15) is 0 Å². The predicted molar refractivity (Wildman–Crippen MR) is 131 cm³/mol. The number of nitrogens with zero attached hydrogens (tertiary/aromatic N) is 1. The van der Waals surface area contributed by atoms with Gasteiger partial charge >= 0.3 is 5.97 Å². The van der Waals surface area contributed by atoms with Crippen molar-refractivity contribution in [1.29, 1.82) is 0 Å². The molecule has 1 aliphatic heterocycles. The van der Waals surface area contributed by atoms with E-state index < -0.39 is 0 Å². The van der Waals surface area contributed by atoms with E-state index in [2.05, 4.69) is 25.0 Å². The van der Waals surface area contributed by atoms with Crippen LogP contribution in [0, 0.1) is 5.92 Å². The minimum absolute atomic E-state index is 0.0178. The Morgan fingerprint density at radius 2 is 1.94 bits per heavy atom. The lowest BCUT2D eigenvalue weighted by molar-refractivity contribution is -0.150. The van der Waals surface area contributed by atoms with E-state index in [4.69, 9.17) is 4.74 Å². The Bertz CT molecular complexity index is 796. The molecule has 0 N–H and O–H groups in total. The van der Waals surface area contributed by atoms with Gasteiger partial charge in [0.2, 0.25) is 5.91 Å². The average Bonchev–Trinajstić information content (AvgIpc) is 2.81. The third-order valence-corrected chi connectivity index (χ3v) is 5.48. The van der Waals surface area contributed by atoms with Crippen molar-refractivity contribution >= 4 is 23.6 Å². The molecular weight excluding hydrogens is 406 g/mol. The van der Waals surface area contributed by atoms with Gasteiger partial charge in [-0.25, -0.2) is 0 Å². The molecule has 168 valence electrons. The third kappa shape index (κ3) is 10.4. The number of ether oxygens (including phenoxy) is 1. The number of esters is 1. The van der Waals surface area contributed by atoms with Gasteiger partial charge in [0.25, 0.3) is 0 Å². The largest absolute Gasteiger partial charge is 0.466 e. The Kier molecular flexibility index (Phi) is 13.1. The second-order valence-electron chi connectivity index (χ2n) is 7.21. The van der Waals surface area contributed by atoms with Crippen LogP contribution in [-0.4, -0.2) is 42.7 Å². The van der Waals surface area contributed by atoms with Crippen molar-refractivity contribution in [2.24, 2.45) is 5.92 Å². The molecule has 0 aliphatic carbocycles. The highest BCUT2D eigenvalue weighted by Gasteiger charge is 2.29. The highest BCUT2D eigenvalue weighted by Crippen LogP contribution is 2.19. The number of likely N-dealkylation sites (tertiary alicyclic amines) is 1. The molecule has 1 aliphatic rings. The molecule has 1 fully saturated rings. The van der Waals surface area contributed by atoms with Gasteiger partial charge in [0.15, 0.2) is 0 Å². The lowest BCUT2D eigenvalue weighted by Crippen LogP contribution is -2.43. The summed E-state index contributed by atoms with van der Waals surface area (Å²) in [5.74, 6) is -0.416. The highest BCUT2D eigenvalue weighted by atomic mass is 32.2. The number of piperidine rings is 1. The Morgan fingerprint density at radius 1 is 1.23 bits per heavy atom. The van der Waals surface area contributed by atoms with E-state index in [0.29, 0.717) is 25.3 Å². The van der Waals surface area contributed by atoms with Crippen LogP contribution in [0.25, 0.3) is 0 Å². The molecule has 1 amide bonds. The normalized spacial score (nSPS) is 17.0. The molecule has 31 heavy (non-hydrogen) atoms. The van der Waals surface area contributed by atoms with Crippen molar-refractivity contribution in [3.05, 3.63) is 78.4 Å². The first-order chi connectivity index (χ1) is 14.9. The molecular formula is C26H35NO3S. The van der Waals surface area contributed by atoms with Crippen molar-refractivity contribution in [2.75, 3.05) is 26.0 Å². The van der Waals surface area contributed by atoms with Crippen LogP contribution in [0.15, 0.2) is 83.3 Å². The summed E-state index contributed by atoms with van der Waals surface area (Å²) in [7, 11) is 0. The number of thioether (sulfide) groups is 1. The molecule has 0 spiro atoms. The maximum absolute atomic E-state index is 12.5. The Morgan fingerprint density at radius 3 is 2.52 bits per heavy atom. The fourth-order valence-corrected chi connectivity index (χ4v) is 3.45. The summed E-state index contributed by atoms with van der Waals surface area (Å²) in [6, 6.07) is 10.3. The van der Waals surface area contributed by atoms with Crippen molar-refractivity contribution < 1.29 is 14.3 Å². The maximum Gasteiger partial charge on any atom is 0.310 e. The number of carbonyl (C=O) groups excluding carboxylic acids is 2. The summed E-state index contributed by atoms with van der Waals surface area (Å²) in [6.45, 7) is 10.7. The summed E-state index contributed by atoms with van der Waals surface area (Å²) in [6.07, 6.45) is 12.9. The van der Waals surface area contributed by atoms with Crippen LogP contribution in [0.3, 0.4) is 0 Å². The quantitative estimate of drug-likeness (QED) is 0.231. The number of rotatable bonds is 7. The van der Waals surface area contributed by atoms with E-state index in [-0.39, 0.29) is 17.8 Å². The zero-order valence-corrected chi connectivity index (χ0v) is 20.0. The first kappa shape index (κ1) is 26.5.